The molecule has 4 heteroatoms. The molecule has 0 saturated heterocycles. The van der Waals surface area contributed by atoms with Crippen molar-refractivity contribution in [3.8, 4) is 17.2 Å². The number of hydrogen-bond donors (Lipinski definition) is 2. The highest BCUT2D eigenvalue weighted by atomic mass is 16.6. The summed E-state index contributed by atoms with van der Waals surface area (Å²) in [4.78, 5) is 0. The molecule has 2 aromatic carbocycles. The van der Waals surface area contributed by atoms with E-state index in [4.69, 9.17) is 9.47 Å². The van der Waals surface area contributed by atoms with Crippen LogP contribution >= 0.6 is 0 Å². The second-order valence-corrected chi connectivity index (χ2v) is 5.26. The number of rotatable bonds is 4. The molecular formula is C17H19NO3. The van der Waals surface area contributed by atoms with E-state index in [1.54, 1.807) is 6.07 Å². The number of hydrogen-bond acceptors (Lipinski definition) is 4. The Balaban J connectivity index is 1.54. The van der Waals surface area contributed by atoms with Crippen LogP contribution in [0.4, 0.5) is 0 Å². The third-order valence-corrected chi connectivity index (χ3v) is 3.49. The van der Waals surface area contributed by atoms with Gasteiger partial charge in [0, 0.05) is 18.7 Å². The Kier molecular flexibility index (Phi) is 3.97. The number of para-hydroxylation sites is 2. The van der Waals surface area contributed by atoms with Gasteiger partial charge in [-0.15, -0.1) is 0 Å². The van der Waals surface area contributed by atoms with Crippen LogP contribution < -0.4 is 14.8 Å². The van der Waals surface area contributed by atoms with Gasteiger partial charge in [0.05, 0.1) is 0 Å². The molecule has 0 aromatic heterocycles. The molecule has 0 bridgehead atoms. The van der Waals surface area contributed by atoms with Gasteiger partial charge in [-0.1, -0.05) is 29.8 Å². The molecule has 1 unspecified atom stereocenters. The fraction of sp³-hybridized carbons (Fsp3) is 0.294. The second kappa shape index (κ2) is 6.06. The largest absolute Gasteiger partial charge is 0.508 e. The van der Waals surface area contributed by atoms with Gasteiger partial charge in [0.1, 0.15) is 18.5 Å². The Bertz CT molecular complexity index is 627. The van der Waals surface area contributed by atoms with Crippen molar-refractivity contribution in [3.05, 3.63) is 53.6 Å². The van der Waals surface area contributed by atoms with Gasteiger partial charge in [-0.2, -0.15) is 0 Å². The number of phenolic OH excluding ortho intramolecular Hbond substituents is 1. The molecule has 1 heterocycles. The maximum Gasteiger partial charge on any atom is 0.161 e. The molecule has 0 amide bonds. The summed E-state index contributed by atoms with van der Waals surface area (Å²) in [5.41, 5.74) is 2.03. The van der Waals surface area contributed by atoms with Gasteiger partial charge >= 0.3 is 0 Å². The Labute approximate surface area is 124 Å². The van der Waals surface area contributed by atoms with Crippen LogP contribution in [-0.4, -0.2) is 24.4 Å². The number of fused-ring (bicyclic) bond motifs is 1. The van der Waals surface area contributed by atoms with Crippen molar-refractivity contribution in [2.45, 2.75) is 19.6 Å². The quantitative estimate of drug-likeness (QED) is 0.906. The summed E-state index contributed by atoms with van der Waals surface area (Å²) in [6, 6.07) is 13.3. The predicted octanol–water partition coefficient (Wildman–Crippen LogP) is 2.63. The summed E-state index contributed by atoms with van der Waals surface area (Å²) in [5.74, 6) is 1.90. The van der Waals surface area contributed by atoms with Crippen LogP contribution in [0.1, 0.15) is 11.1 Å². The first-order chi connectivity index (χ1) is 10.2. The lowest BCUT2D eigenvalue weighted by atomic mass is 10.1. The van der Waals surface area contributed by atoms with Crippen LogP contribution in [0.5, 0.6) is 17.2 Å². The minimum atomic E-state index is -0.0214. The molecule has 2 N–H and O–H groups in total. The Morgan fingerprint density at radius 1 is 1.19 bits per heavy atom. The fourth-order valence-electron chi connectivity index (χ4n) is 2.39. The summed E-state index contributed by atoms with van der Waals surface area (Å²) >= 11 is 0. The van der Waals surface area contributed by atoms with Crippen LogP contribution in [0.25, 0.3) is 0 Å². The average Bonchev–Trinajstić information content (AvgIpc) is 2.50. The van der Waals surface area contributed by atoms with E-state index in [0.717, 1.165) is 22.6 Å². The highest BCUT2D eigenvalue weighted by molar-refractivity contribution is 5.40. The highest BCUT2D eigenvalue weighted by Crippen LogP contribution is 2.30. The van der Waals surface area contributed by atoms with Crippen LogP contribution in [0, 0.1) is 6.92 Å². The van der Waals surface area contributed by atoms with Gasteiger partial charge in [-0.25, -0.2) is 0 Å². The monoisotopic (exact) mass is 285 g/mol. The van der Waals surface area contributed by atoms with E-state index in [0.29, 0.717) is 25.4 Å². The van der Waals surface area contributed by atoms with Crippen molar-refractivity contribution >= 4 is 0 Å². The fourth-order valence-corrected chi connectivity index (χ4v) is 2.39. The zero-order valence-corrected chi connectivity index (χ0v) is 12.0. The Morgan fingerprint density at radius 2 is 2.00 bits per heavy atom. The number of nitrogens with one attached hydrogen (secondary N) is 1. The summed E-state index contributed by atoms with van der Waals surface area (Å²) in [7, 11) is 0. The lowest BCUT2D eigenvalue weighted by Gasteiger charge is -2.26. The topological polar surface area (TPSA) is 50.7 Å². The molecule has 110 valence electrons. The van der Waals surface area contributed by atoms with Crippen molar-refractivity contribution in [3.63, 3.8) is 0 Å². The van der Waals surface area contributed by atoms with Gasteiger partial charge in [-0.05, 0) is 25.1 Å². The molecule has 4 nitrogen and oxygen atoms in total. The first-order valence-corrected chi connectivity index (χ1v) is 7.10. The maximum atomic E-state index is 9.81. The lowest BCUT2D eigenvalue weighted by molar-refractivity contribution is 0.0902. The van der Waals surface area contributed by atoms with E-state index < -0.39 is 0 Å². The minimum absolute atomic E-state index is 0.0214. The summed E-state index contributed by atoms with van der Waals surface area (Å²) in [6.45, 7) is 3.82. The first kappa shape index (κ1) is 13.8. The third-order valence-electron chi connectivity index (χ3n) is 3.49. The van der Waals surface area contributed by atoms with E-state index in [9.17, 15) is 5.11 Å². The number of aryl methyl sites for hydroxylation is 1. The number of phenols is 1. The second-order valence-electron chi connectivity index (χ2n) is 5.26. The van der Waals surface area contributed by atoms with Crippen molar-refractivity contribution in [2.75, 3.05) is 13.2 Å². The molecule has 0 spiro atoms. The molecule has 1 aliphatic heterocycles. The molecule has 0 radical (unpaired) electrons. The van der Waals surface area contributed by atoms with Gasteiger partial charge in [0.2, 0.25) is 0 Å². The summed E-state index contributed by atoms with van der Waals surface area (Å²) < 4.78 is 11.5. The van der Waals surface area contributed by atoms with Crippen molar-refractivity contribution in [2.24, 2.45) is 0 Å². The van der Waals surface area contributed by atoms with Gasteiger partial charge in [0.15, 0.2) is 11.5 Å². The third kappa shape index (κ3) is 3.28. The average molecular weight is 285 g/mol. The smallest absolute Gasteiger partial charge is 0.161 e. The number of ether oxygens (including phenoxy) is 2. The molecule has 2 aromatic rings. The number of aromatic hydroxyl groups is 1. The van der Waals surface area contributed by atoms with E-state index >= 15 is 0 Å². The summed E-state index contributed by atoms with van der Waals surface area (Å²) in [5, 5.41) is 13.1. The van der Waals surface area contributed by atoms with E-state index in [1.807, 2.05) is 43.3 Å². The van der Waals surface area contributed by atoms with Gasteiger partial charge in [-0.3, -0.25) is 0 Å². The van der Waals surface area contributed by atoms with Gasteiger partial charge in [0.25, 0.3) is 0 Å². The lowest BCUT2D eigenvalue weighted by Crippen LogP contribution is -2.38. The highest BCUT2D eigenvalue weighted by Gasteiger charge is 2.20. The molecular weight excluding hydrogens is 266 g/mol. The van der Waals surface area contributed by atoms with Crippen LogP contribution in [-0.2, 0) is 6.54 Å². The molecule has 1 aliphatic rings. The van der Waals surface area contributed by atoms with Gasteiger partial charge < -0.3 is 19.9 Å². The molecule has 21 heavy (non-hydrogen) atoms. The van der Waals surface area contributed by atoms with Crippen LogP contribution in [0.2, 0.25) is 0 Å². The first-order valence-electron chi connectivity index (χ1n) is 7.10. The van der Waals surface area contributed by atoms with Crippen LogP contribution in [0.3, 0.4) is 0 Å². The van der Waals surface area contributed by atoms with E-state index in [1.165, 1.54) is 0 Å². The SMILES string of the molecule is Cc1ccc(O)c(CNCC2COc3ccccc3O2)c1. The zero-order chi connectivity index (χ0) is 14.7. The van der Waals surface area contributed by atoms with Crippen LogP contribution in [0.15, 0.2) is 42.5 Å². The Hall–Kier alpha value is -2.20. The minimum Gasteiger partial charge on any atom is -0.508 e. The molecule has 0 saturated carbocycles. The normalized spacial score (nSPS) is 16.7. The molecule has 3 rings (SSSR count). The van der Waals surface area contributed by atoms with E-state index in [2.05, 4.69) is 5.32 Å². The Morgan fingerprint density at radius 3 is 2.86 bits per heavy atom. The standard InChI is InChI=1S/C17H19NO3/c1-12-6-7-15(19)13(8-12)9-18-10-14-11-20-16-4-2-3-5-17(16)21-14/h2-8,14,18-19H,9-11H2,1H3. The molecule has 0 fully saturated rings. The molecule has 0 aliphatic carbocycles. The van der Waals surface area contributed by atoms with E-state index in [-0.39, 0.29) is 6.10 Å². The van der Waals surface area contributed by atoms with Crippen molar-refractivity contribution in [1.29, 1.82) is 0 Å². The summed E-state index contributed by atoms with van der Waals surface area (Å²) in [6.07, 6.45) is -0.0214. The zero-order valence-electron chi connectivity index (χ0n) is 12.0. The maximum absolute atomic E-state index is 9.81. The number of benzene rings is 2. The van der Waals surface area contributed by atoms with Crippen molar-refractivity contribution < 1.29 is 14.6 Å². The molecule has 1 atom stereocenters. The van der Waals surface area contributed by atoms with Crippen molar-refractivity contribution in [1.82, 2.24) is 5.32 Å². The predicted molar refractivity (Wildman–Crippen MR) is 80.9 cm³/mol.